The summed E-state index contributed by atoms with van der Waals surface area (Å²) in [5.41, 5.74) is 2.11. The molecule has 1 N–H and O–H groups in total. The molecule has 3 aromatic rings. The second kappa shape index (κ2) is 5.49. The quantitative estimate of drug-likeness (QED) is 0.592. The van der Waals surface area contributed by atoms with Gasteiger partial charge in [-0.1, -0.05) is 23.8 Å². The molecule has 0 unspecified atom stereocenters. The van der Waals surface area contributed by atoms with Crippen molar-refractivity contribution >= 4 is 18.4 Å². The van der Waals surface area contributed by atoms with Crippen LogP contribution in [0.1, 0.15) is 17.1 Å². The summed E-state index contributed by atoms with van der Waals surface area (Å²) in [6.07, 6.45) is 1.62. The molecule has 0 fully saturated rings. The van der Waals surface area contributed by atoms with E-state index in [0.29, 0.717) is 16.4 Å². The molecule has 0 aliphatic heterocycles. The molecule has 5 nitrogen and oxygen atoms in total. The van der Waals surface area contributed by atoms with Crippen LogP contribution in [0.4, 0.5) is 0 Å². The van der Waals surface area contributed by atoms with Gasteiger partial charge < -0.3 is 4.42 Å². The maximum Gasteiger partial charge on any atom is 0.216 e. The van der Waals surface area contributed by atoms with Gasteiger partial charge in [-0.05, 0) is 44.3 Å². The number of furan rings is 1. The van der Waals surface area contributed by atoms with Crippen LogP contribution in [0.3, 0.4) is 0 Å². The number of benzene rings is 1. The Balaban J connectivity index is 2.01. The third kappa shape index (κ3) is 2.85. The van der Waals surface area contributed by atoms with Crippen molar-refractivity contribution in [3.63, 3.8) is 0 Å². The van der Waals surface area contributed by atoms with E-state index in [-0.39, 0.29) is 0 Å². The van der Waals surface area contributed by atoms with Gasteiger partial charge in [-0.15, -0.1) is 0 Å². The van der Waals surface area contributed by atoms with Crippen molar-refractivity contribution < 1.29 is 4.42 Å². The van der Waals surface area contributed by atoms with Crippen LogP contribution in [-0.2, 0) is 0 Å². The van der Waals surface area contributed by atoms with Crippen molar-refractivity contribution in [3.8, 4) is 11.4 Å². The van der Waals surface area contributed by atoms with E-state index in [1.54, 1.807) is 10.9 Å². The highest BCUT2D eigenvalue weighted by Gasteiger charge is 2.08. The first-order valence-corrected chi connectivity index (χ1v) is 6.89. The fourth-order valence-corrected chi connectivity index (χ4v) is 2.19. The van der Waals surface area contributed by atoms with Gasteiger partial charge in [0.25, 0.3) is 0 Å². The minimum absolute atomic E-state index is 0.436. The Morgan fingerprint density at radius 2 is 2.14 bits per heavy atom. The summed E-state index contributed by atoms with van der Waals surface area (Å²) in [4.78, 5) is 0. The summed E-state index contributed by atoms with van der Waals surface area (Å²) in [5.74, 6) is 2.18. The lowest BCUT2D eigenvalue weighted by Crippen LogP contribution is -1.94. The van der Waals surface area contributed by atoms with Gasteiger partial charge in [-0.2, -0.15) is 14.9 Å². The van der Waals surface area contributed by atoms with Gasteiger partial charge in [-0.25, -0.2) is 5.10 Å². The zero-order valence-corrected chi connectivity index (χ0v) is 12.5. The Morgan fingerprint density at radius 1 is 1.29 bits per heavy atom. The molecular weight excluding hydrogens is 284 g/mol. The van der Waals surface area contributed by atoms with Gasteiger partial charge in [0.15, 0.2) is 5.82 Å². The fraction of sp³-hybridized carbons (Fsp3) is 0.133. The van der Waals surface area contributed by atoms with Crippen molar-refractivity contribution in [2.24, 2.45) is 5.10 Å². The molecule has 0 spiro atoms. The Kier molecular flexibility index (Phi) is 3.53. The van der Waals surface area contributed by atoms with Crippen molar-refractivity contribution in [1.82, 2.24) is 14.9 Å². The Hall–Kier alpha value is -2.47. The number of aryl methyl sites for hydroxylation is 2. The van der Waals surface area contributed by atoms with E-state index in [9.17, 15) is 0 Å². The summed E-state index contributed by atoms with van der Waals surface area (Å²) in [6, 6.07) is 11.8. The SMILES string of the molecule is Cc1cccc(-c2n[nH]c(=S)n2/N=C\c2ccc(C)o2)c1. The van der Waals surface area contributed by atoms with Crippen molar-refractivity contribution in [2.75, 3.05) is 0 Å². The van der Waals surface area contributed by atoms with Crippen LogP contribution in [0.2, 0.25) is 0 Å². The van der Waals surface area contributed by atoms with Gasteiger partial charge in [-0.3, -0.25) is 0 Å². The largest absolute Gasteiger partial charge is 0.460 e. The number of nitrogens with one attached hydrogen (secondary N) is 1. The van der Waals surface area contributed by atoms with Gasteiger partial charge in [0, 0.05) is 5.56 Å². The van der Waals surface area contributed by atoms with E-state index in [0.717, 1.165) is 16.9 Å². The summed E-state index contributed by atoms with van der Waals surface area (Å²) in [7, 11) is 0. The molecule has 0 aliphatic carbocycles. The molecule has 0 bridgehead atoms. The molecule has 0 saturated carbocycles. The number of nitrogens with zero attached hydrogens (tertiary/aromatic N) is 3. The molecule has 0 amide bonds. The molecule has 3 rings (SSSR count). The average molecular weight is 298 g/mol. The molecule has 1 aromatic carbocycles. The molecule has 6 heteroatoms. The first kappa shape index (κ1) is 13.5. The number of H-pyrrole nitrogens is 1. The third-order valence-corrected chi connectivity index (χ3v) is 3.25. The topological polar surface area (TPSA) is 59.1 Å². The molecule has 106 valence electrons. The predicted molar refractivity (Wildman–Crippen MR) is 84.0 cm³/mol. The van der Waals surface area contributed by atoms with Crippen molar-refractivity contribution in [2.45, 2.75) is 13.8 Å². The van der Waals surface area contributed by atoms with Crippen LogP contribution in [-0.4, -0.2) is 21.1 Å². The number of aromatic nitrogens is 3. The first-order valence-electron chi connectivity index (χ1n) is 6.49. The van der Waals surface area contributed by atoms with Gasteiger partial charge in [0.05, 0.1) is 6.21 Å². The predicted octanol–water partition coefficient (Wildman–Crippen LogP) is 3.70. The number of hydrogen-bond acceptors (Lipinski definition) is 4. The van der Waals surface area contributed by atoms with Crippen LogP contribution in [0.25, 0.3) is 11.4 Å². The molecular formula is C15H14N4OS. The normalized spacial score (nSPS) is 11.3. The fourth-order valence-electron chi connectivity index (χ4n) is 2.01. The van der Waals surface area contributed by atoms with Crippen LogP contribution >= 0.6 is 12.2 Å². The lowest BCUT2D eigenvalue weighted by atomic mass is 10.1. The van der Waals surface area contributed by atoms with Gasteiger partial charge in [0.2, 0.25) is 4.77 Å². The number of hydrogen-bond donors (Lipinski definition) is 1. The van der Waals surface area contributed by atoms with Crippen LogP contribution in [0.5, 0.6) is 0 Å². The maximum atomic E-state index is 5.46. The van der Waals surface area contributed by atoms with E-state index in [1.165, 1.54) is 0 Å². The molecule has 0 atom stereocenters. The minimum atomic E-state index is 0.436. The third-order valence-electron chi connectivity index (χ3n) is 2.99. The molecule has 2 heterocycles. The highest BCUT2D eigenvalue weighted by Crippen LogP contribution is 2.18. The van der Waals surface area contributed by atoms with Crippen molar-refractivity contribution in [1.29, 1.82) is 0 Å². The van der Waals surface area contributed by atoms with Crippen LogP contribution < -0.4 is 0 Å². The number of aromatic amines is 1. The van der Waals surface area contributed by atoms with Crippen LogP contribution in [0, 0.1) is 18.6 Å². The molecule has 21 heavy (non-hydrogen) atoms. The van der Waals surface area contributed by atoms with E-state index in [1.807, 2.05) is 50.2 Å². The summed E-state index contributed by atoms with van der Waals surface area (Å²) < 4.78 is 7.48. The number of rotatable bonds is 3. The van der Waals surface area contributed by atoms with Crippen LogP contribution in [0.15, 0.2) is 45.9 Å². The molecule has 2 aromatic heterocycles. The lowest BCUT2D eigenvalue weighted by molar-refractivity contribution is 0.527. The maximum absolute atomic E-state index is 5.46. The minimum Gasteiger partial charge on any atom is -0.460 e. The van der Waals surface area contributed by atoms with Gasteiger partial charge >= 0.3 is 0 Å². The Bertz CT molecular complexity index is 856. The standard InChI is InChI=1S/C15H14N4OS/c1-10-4-3-5-12(8-10)14-17-18-15(21)19(14)16-9-13-7-6-11(2)20-13/h3-9H,1-2H3,(H,18,21)/b16-9-. The molecule has 0 saturated heterocycles. The molecule has 0 radical (unpaired) electrons. The van der Waals surface area contributed by atoms with E-state index in [4.69, 9.17) is 16.6 Å². The summed E-state index contributed by atoms with van der Waals surface area (Å²) >= 11 is 5.23. The highest BCUT2D eigenvalue weighted by molar-refractivity contribution is 7.71. The second-order valence-corrected chi connectivity index (χ2v) is 5.11. The second-order valence-electron chi connectivity index (χ2n) is 4.73. The average Bonchev–Trinajstić information content (AvgIpc) is 3.03. The van der Waals surface area contributed by atoms with Gasteiger partial charge in [0.1, 0.15) is 11.5 Å². The summed E-state index contributed by atoms with van der Waals surface area (Å²) in [5, 5.41) is 11.4. The lowest BCUT2D eigenvalue weighted by Gasteiger charge is -2.01. The van der Waals surface area contributed by atoms with E-state index >= 15 is 0 Å². The smallest absolute Gasteiger partial charge is 0.216 e. The highest BCUT2D eigenvalue weighted by atomic mass is 32.1. The zero-order chi connectivity index (χ0) is 14.8. The Morgan fingerprint density at radius 3 is 2.86 bits per heavy atom. The monoisotopic (exact) mass is 298 g/mol. The van der Waals surface area contributed by atoms with E-state index < -0.39 is 0 Å². The summed E-state index contributed by atoms with van der Waals surface area (Å²) in [6.45, 7) is 3.92. The Labute approximate surface area is 126 Å². The first-order chi connectivity index (χ1) is 10.1. The molecule has 0 aliphatic rings. The zero-order valence-electron chi connectivity index (χ0n) is 11.7. The van der Waals surface area contributed by atoms with E-state index in [2.05, 4.69) is 15.3 Å². The van der Waals surface area contributed by atoms with Crippen molar-refractivity contribution in [3.05, 3.63) is 58.3 Å².